The Bertz CT molecular complexity index is 1420. The molecule has 0 fully saturated rings. The van der Waals surface area contributed by atoms with Crippen molar-refractivity contribution in [2.45, 2.75) is 26.2 Å². The van der Waals surface area contributed by atoms with Crippen LogP contribution in [0.2, 0.25) is 5.02 Å². The quantitative estimate of drug-likeness (QED) is 0.313. The smallest absolute Gasteiger partial charge is 0.433 e. The van der Waals surface area contributed by atoms with Crippen molar-refractivity contribution in [1.29, 1.82) is 0 Å². The summed E-state index contributed by atoms with van der Waals surface area (Å²) in [7, 11) is 2.95. The lowest BCUT2D eigenvalue weighted by Crippen LogP contribution is -2.28. The van der Waals surface area contributed by atoms with Crippen LogP contribution in [0, 0.1) is 0 Å². The van der Waals surface area contributed by atoms with Crippen LogP contribution in [0.3, 0.4) is 0 Å². The summed E-state index contributed by atoms with van der Waals surface area (Å²) in [5, 5.41) is 7.84. The molecule has 4 rings (SSSR count). The Hall–Kier alpha value is -3.12. The third-order valence-electron chi connectivity index (χ3n) is 5.32. The van der Waals surface area contributed by atoms with Gasteiger partial charge in [-0.25, -0.2) is 9.50 Å². The van der Waals surface area contributed by atoms with Crippen molar-refractivity contribution in [2.75, 3.05) is 14.2 Å². The minimum Gasteiger partial charge on any atom is -0.497 e. The van der Waals surface area contributed by atoms with Crippen molar-refractivity contribution in [3.8, 4) is 17.0 Å². The van der Waals surface area contributed by atoms with Crippen molar-refractivity contribution in [2.24, 2.45) is 0 Å². The molecule has 0 spiro atoms. The van der Waals surface area contributed by atoms with E-state index in [9.17, 15) is 18.0 Å². The number of amides is 1. The predicted octanol–water partition coefficient (Wildman–Crippen LogP) is 5.33. The normalized spacial score (nSPS) is 11.8. The predicted molar refractivity (Wildman–Crippen MR) is 126 cm³/mol. The lowest BCUT2D eigenvalue weighted by Gasteiger charge is -2.17. The number of halogens is 5. The van der Waals surface area contributed by atoms with Gasteiger partial charge in [0.2, 0.25) is 0 Å². The molecule has 0 aliphatic heterocycles. The maximum absolute atomic E-state index is 14.0. The highest BCUT2D eigenvalue weighted by Gasteiger charge is 2.37. The lowest BCUT2D eigenvalue weighted by atomic mass is 10.1. The zero-order valence-electron chi connectivity index (χ0n) is 18.8. The van der Waals surface area contributed by atoms with Gasteiger partial charge in [-0.15, -0.1) is 0 Å². The summed E-state index contributed by atoms with van der Waals surface area (Å²) in [4.78, 5) is 18.8. The van der Waals surface area contributed by atoms with E-state index in [1.165, 1.54) is 19.1 Å². The van der Waals surface area contributed by atoms with Crippen molar-refractivity contribution in [1.82, 2.24) is 29.3 Å². The first kappa shape index (κ1) is 25.0. The van der Waals surface area contributed by atoms with E-state index < -0.39 is 17.8 Å². The van der Waals surface area contributed by atoms with Crippen molar-refractivity contribution >= 4 is 39.1 Å². The summed E-state index contributed by atoms with van der Waals surface area (Å²) in [6, 6.07) is 7.31. The molecule has 0 unspecified atom stereocenters. The number of benzene rings is 1. The maximum Gasteiger partial charge on any atom is 0.433 e. The number of aromatic nitrogens is 5. The molecular formula is C22H19BrClF3N6O2. The summed E-state index contributed by atoms with van der Waals surface area (Å²) in [6.07, 6.45) is -3.18. The lowest BCUT2D eigenvalue weighted by molar-refractivity contribution is -0.142. The van der Waals surface area contributed by atoms with Crippen LogP contribution in [0.1, 0.15) is 28.8 Å². The molecule has 0 saturated carbocycles. The number of hydrogen-bond acceptors (Lipinski definition) is 5. The Labute approximate surface area is 211 Å². The highest BCUT2D eigenvalue weighted by molar-refractivity contribution is 9.10. The van der Waals surface area contributed by atoms with Gasteiger partial charge in [0.15, 0.2) is 17.0 Å². The van der Waals surface area contributed by atoms with Crippen molar-refractivity contribution in [3.05, 3.63) is 63.1 Å². The number of aryl methyl sites for hydroxylation is 1. The van der Waals surface area contributed by atoms with Gasteiger partial charge >= 0.3 is 6.18 Å². The largest absolute Gasteiger partial charge is 0.497 e. The summed E-state index contributed by atoms with van der Waals surface area (Å²) in [5.74, 6) is -0.209. The molecule has 3 aromatic heterocycles. The van der Waals surface area contributed by atoms with Crippen LogP contribution >= 0.6 is 27.5 Å². The number of fused-ring (bicyclic) bond motifs is 1. The topological polar surface area (TPSA) is 77.6 Å². The molecule has 0 aliphatic rings. The minimum atomic E-state index is -4.78. The molecule has 184 valence electrons. The molecule has 1 aromatic carbocycles. The standard InChI is InChI=1S/C22H19BrClF3N6O2/c1-4-32-16(14(23)10-28-32)11-31(2)21(34)19-18(24)20-29-15(12-6-5-7-13(8-12)35-3)9-17(22(25,26)27)33(20)30-19/h5-10H,4,11H2,1-3H3. The third kappa shape index (κ3) is 4.72. The van der Waals surface area contributed by atoms with Gasteiger partial charge in [-0.3, -0.25) is 9.48 Å². The molecule has 13 heteroatoms. The van der Waals surface area contributed by atoms with E-state index in [2.05, 4.69) is 31.1 Å². The fraction of sp³-hybridized carbons (Fsp3) is 0.273. The summed E-state index contributed by atoms with van der Waals surface area (Å²) in [6.45, 7) is 2.60. The number of ether oxygens (including phenoxy) is 1. The second kappa shape index (κ2) is 9.50. The fourth-order valence-corrected chi connectivity index (χ4v) is 4.22. The van der Waals surface area contributed by atoms with E-state index in [1.54, 1.807) is 35.1 Å². The highest BCUT2D eigenvalue weighted by atomic mass is 79.9. The van der Waals surface area contributed by atoms with E-state index in [0.717, 1.165) is 11.8 Å². The Morgan fingerprint density at radius 3 is 2.69 bits per heavy atom. The van der Waals surface area contributed by atoms with Gasteiger partial charge in [0.1, 0.15) is 10.8 Å². The average molecular weight is 572 g/mol. The summed E-state index contributed by atoms with van der Waals surface area (Å²) in [5.41, 5.74) is -0.621. The van der Waals surface area contributed by atoms with E-state index in [1.807, 2.05) is 6.92 Å². The number of hydrogen-bond donors (Lipinski definition) is 0. The van der Waals surface area contributed by atoms with Gasteiger partial charge in [-0.2, -0.15) is 23.4 Å². The minimum absolute atomic E-state index is 0.00802. The van der Waals surface area contributed by atoms with E-state index in [0.29, 0.717) is 26.8 Å². The molecular weight excluding hydrogens is 553 g/mol. The zero-order chi connectivity index (χ0) is 25.5. The second-order valence-corrected chi connectivity index (χ2v) is 8.80. The van der Waals surface area contributed by atoms with E-state index in [-0.39, 0.29) is 28.6 Å². The average Bonchev–Trinajstić information content (AvgIpc) is 3.36. The molecule has 0 radical (unpaired) electrons. The Morgan fingerprint density at radius 2 is 2.03 bits per heavy atom. The molecule has 0 atom stereocenters. The van der Waals surface area contributed by atoms with Crippen LogP contribution in [-0.4, -0.2) is 49.3 Å². The van der Waals surface area contributed by atoms with Crippen LogP contribution in [0.15, 0.2) is 41.0 Å². The number of nitrogens with zero attached hydrogens (tertiary/aromatic N) is 6. The van der Waals surface area contributed by atoms with Gasteiger partial charge in [0.05, 0.1) is 35.7 Å². The Morgan fingerprint density at radius 1 is 1.29 bits per heavy atom. The molecule has 0 saturated heterocycles. The third-order valence-corrected chi connectivity index (χ3v) is 6.33. The molecule has 0 aliphatic carbocycles. The zero-order valence-corrected chi connectivity index (χ0v) is 21.1. The second-order valence-electron chi connectivity index (χ2n) is 7.57. The van der Waals surface area contributed by atoms with Crippen LogP contribution in [0.4, 0.5) is 13.2 Å². The Balaban J connectivity index is 1.80. The van der Waals surface area contributed by atoms with Crippen LogP contribution in [0.25, 0.3) is 16.9 Å². The first-order valence-corrected chi connectivity index (χ1v) is 11.5. The van der Waals surface area contributed by atoms with Gasteiger partial charge < -0.3 is 9.64 Å². The van der Waals surface area contributed by atoms with Crippen LogP contribution in [0.5, 0.6) is 5.75 Å². The number of methoxy groups -OCH3 is 1. The van der Waals surface area contributed by atoms with Gasteiger partial charge in [0, 0.05) is 19.2 Å². The van der Waals surface area contributed by atoms with Crippen LogP contribution < -0.4 is 4.74 Å². The molecule has 4 aromatic rings. The number of alkyl halides is 3. The SMILES string of the molecule is CCn1ncc(Br)c1CN(C)C(=O)c1nn2c(C(F)(F)F)cc(-c3cccc(OC)c3)nc2c1Cl. The summed E-state index contributed by atoms with van der Waals surface area (Å²) < 4.78 is 50.0. The highest BCUT2D eigenvalue weighted by Crippen LogP contribution is 2.35. The first-order valence-electron chi connectivity index (χ1n) is 10.3. The summed E-state index contributed by atoms with van der Waals surface area (Å²) >= 11 is 9.79. The molecule has 1 amide bonds. The van der Waals surface area contributed by atoms with Gasteiger partial charge in [-0.05, 0) is 41.1 Å². The molecule has 0 N–H and O–H groups in total. The van der Waals surface area contributed by atoms with E-state index in [4.69, 9.17) is 16.3 Å². The number of carbonyl (C=O) groups is 1. The van der Waals surface area contributed by atoms with Gasteiger partial charge in [0.25, 0.3) is 5.91 Å². The van der Waals surface area contributed by atoms with Crippen LogP contribution in [-0.2, 0) is 19.3 Å². The Kier molecular flexibility index (Phi) is 6.78. The monoisotopic (exact) mass is 570 g/mol. The van der Waals surface area contributed by atoms with E-state index >= 15 is 0 Å². The fourth-order valence-electron chi connectivity index (χ4n) is 3.56. The number of carbonyl (C=O) groups excluding carboxylic acids is 1. The molecule has 35 heavy (non-hydrogen) atoms. The molecule has 3 heterocycles. The maximum atomic E-state index is 14.0. The van der Waals surface area contributed by atoms with Crippen molar-refractivity contribution < 1.29 is 22.7 Å². The first-order chi connectivity index (χ1) is 16.5. The van der Waals surface area contributed by atoms with Gasteiger partial charge in [-0.1, -0.05) is 23.7 Å². The van der Waals surface area contributed by atoms with Crippen molar-refractivity contribution in [3.63, 3.8) is 0 Å². The number of rotatable bonds is 6. The molecule has 8 nitrogen and oxygen atoms in total. The molecule has 0 bridgehead atoms.